The van der Waals surface area contributed by atoms with Gasteiger partial charge in [-0.2, -0.15) is 0 Å². The Morgan fingerprint density at radius 1 is 0.508 bits per heavy atom. The minimum Gasteiger partial charge on any atom is -0.457 e. The average molecular weight is 905 g/mol. The quantitative estimate of drug-likeness (QED) is 0.0236. The Hall–Kier alpha value is -2.36. The van der Waals surface area contributed by atoms with E-state index in [4.69, 9.17) is 23.6 Å². The van der Waals surface area contributed by atoms with E-state index in [9.17, 15) is 19.4 Å². The molecule has 0 saturated heterocycles. The average Bonchev–Trinajstić information content (AvgIpc) is 3.28. The van der Waals surface area contributed by atoms with Gasteiger partial charge in [-0.3, -0.25) is 13.8 Å². The van der Waals surface area contributed by atoms with Gasteiger partial charge in [-0.15, -0.1) is 0 Å². The Morgan fingerprint density at radius 3 is 1.37 bits per heavy atom. The molecule has 63 heavy (non-hydrogen) atoms. The topological polar surface area (TPSA) is 132 Å². The summed E-state index contributed by atoms with van der Waals surface area (Å²) in [4.78, 5) is 22.7. The standard InChI is InChI=1S/C53H93O9P/c1-3-5-7-9-11-13-15-17-19-21-23-24-25-26-27-29-31-33-35-37-39-41-43-45-53(56)62-52(50-61-63(57,58)60-48-51(55)47-54)49-59-46-44-42-40-38-36-34-32-30-28-22-20-18-16-14-12-10-8-6-4-2/h5,7,11,13-14,16-17,19-20,22-24,26-27,51-52,54-55H,3-4,6,8-10,12,15,18,21,25,28-50H2,1-2H3,(H,57,58)/b7-5-,13-11-,16-14-,19-17-,22-20-,24-23-,27-26-. The van der Waals surface area contributed by atoms with Gasteiger partial charge in [-0.1, -0.05) is 189 Å². The molecule has 0 fully saturated rings. The summed E-state index contributed by atoms with van der Waals surface area (Å²) < 4.78 is 33.5. The molecule has 0 aromatic carbocycles. The van der Waals surface area contributed by atoms with Crippen LogP contribution in [-0.2, 0) is 27.9 Å². The van der Waals surface area contributed by atoms with E-state index < -0.39 is 39.2 Å². The van der Waals surface area contributed by atoms with Gasteiger partial charge in [0, 0.05) is 13.0 Å². The van der Waals surface area contributed by atoms with Crippen molar-refractivity contribution in [3.8, 4) is 0 Å². The van der Waals surface area contributed by atoms with Gasteiger partial charge in [-0.25, -0.2) is 4.57 Å². The summed E-state index contributed by atoms with van der Waals surface area (Å²) >= 11 is 0. The van der Waals surface area contributed by atoms with Crippen LogP contribution in [0.3, 0.4) is 0 Å². The minimum absolute atomic E-state index is 0.0361. The Bertz CT molecular complexity index is 1250. The van der Waals surface area contributed by atoms with Crippen LogP contribution in [0.4, 0.5) is 0 Å². The Morgan fingerprint density at radius 2 is 0.905 bits per heavy atom. The van der Waals surface area contributed by atoms with E-state index in [1.807, 2.05) is 0 Å². The molecular weight excluding hydrogens is 812 g/mol. The van der Waals surface area contributed by atoms with Crippen LogP contribution in [0.1, 0.15) is 200 Å². The van der Waals surface area contributed by atoms with Gasteiger partial charge in [0.25, 0.3) is 0 Å². The molecule has 364 valence electrons. The molecule has 0 aliphatic heterocycles. The van der Waals surface area contributed by atoms with Crippen LogP contribution in [-0.4, -0.2) is 66.3 Å². The fraction of sp³-hybridized carbons (Fsp3) is 0.717. The van der Waals surface area contributed by atoms with Crippen LogP contribution in [0.2, 0.25) is 0 Å². The third-order valence-electron chi connectivity index (χ3n) is 10.3. The zero-order valence-electron chi connectivity index (χ0n) is 40.0. The molecule has 3 unspecified atom stereocenters. The summed E-state index contributed by atoms with van der Waals surface area (Å²) in [7, 11) is -4.53. The molecule has 0 aliphatic rings. The Balaban J connectivity index is 4.15. The van der Waals surface area contributed by atoms with Gasteiger partial charge in [-0.05, 0) is 89.9 Å². The fourth-order valence-corrected chi connectivity index (χ4v) is 7.32. The zero-order chi connectivity index (χ0) is 46.0. The summed E-state index contributed by atoms with van der Waals surface area (Å²) in [6.45, 7) is 3.36. The van der Waals surface area contributed by atoms with Gasteiger partial charge in [0.2, 0.25) is 0 Å². The molecule has 0 radical (unpaired) electrons. The third kappa shape index (κ3) is 48.9. The highest BCUT2D eigenvalue weighted by Gasteiger charge is 2.26. The summed E-state index contributed by atoms with van der Waals surface area (Å²) in [5.41, 5.74) is 0. The summed E-state index contributed by atoms with van der Waals surface area (Å²) in [5, 5.41) is 18.4. The predicted molar refractivity (Wildman–Crippen MR) is 265 cm³/mol. The highest BCUT2D eigenvalue weighted by atomic mass is 31.2. The number of allylic oxidation sites excluding steroid dienone is 14. The van der Waals surface area contributed by atoms with Crippen molar-refractivity contribution in [3.05, 3.63) is 85.1 Å². The monoisotopic (exact) mass is 905 g/mol. The lowest BCUT2D eigenvalue weighted by molar-refractivity contribution is -0.154. The van der Waals surface area contributed by atoms with Crippen LogP contribution in [0.15, 0.2) is 85.1 Å². The van der Waals surface area contributed by atoms with Crippen molar-refractivity contribution < 1.29 is 43.0 Å². The van der Waals surface area contributed by atoms with Gasteiger partial charge in [0.1, 0.15) is 12.2 Å². The van der Waals surface area contributed by atoms with E-state index in [2.05, 4.69) is 98.9 Å². The second-order valence-electron chi connectivity index (χ2n) is 16.4. The number of esters is 1. The maximum atomic E-state index is 12.7. The van der Waals surface area contributed by atoms with E-state index in [-0.39, 0.29) is 19.6 Å². The van der Waals surface area contributed by atoms with Crippen molar-refractivity contribution in [3.63, 3.8) is 0 Å². The highest BCUT2D eigenvalue weighted by molar-refractivity contribution is 7.47. The van der Waals surface area contributed by atoms with E-state index in [0.29, 0.717) is 13.0 Å². The molecule has 0 aromatic rings. The Labute approximate surface area is 385 Å². The number of hydrogen-bond donors (Lipinski definition) is 3. The van der Waals surface area contributed by atoms with Crippen molar-refractivity contribution in [1.82, 2.24) is 0 Å². The second kappa shape index (κ2) is 49.1. The number of carbonyl (C=O) groups is 1. The third-order valence-corrected chi connectivity index (χ3v) is 11.3. The first-order chi connectivity index (χ1) is 30.8. The fourth-order valence-electron chi connectivity index (χ4n) is 6.53. The first kappa shape index (κ1) is 60.6. The van der Waals surface area contributed by atoms with E-state index in [1.165, 1.54) is 83.5 Å². The van der Waals surface area contributed by atoms with Crippen molar-refractivity contribution in [2.75, 3.05) is 33.0 Å². The molecule has 0 amide bonds. The van der Waals surface area contributed by atoms with Crippen molar-refractivity contribution in [2.45, 2.75) is 212 Å². The molecule has 3 N–H and O–H groups in total. The summed E-state index contributed by atoms with van der Waals surface area (Å²) in [5.74, 6) is -0.398. The molecule has 0 spiro atoms. The van der Waals surface area contributed by atoms with Crippen molar-refractivity contribution in [2.24, 2.45) is 0 Å². The molecular formula is C53H93O9P. The number of ether oxygens (including phenoxy) is 2. The number of carbonyl (C=O) groups excluding carboxylic acids is 1. The molecule has 0 aliphatic carbocycles. The first-order valence-electron chi connectivity index (χ1n) is 25.1. The predicted octanol–water partition coefficient (Wildman–Crippen LogP) is 14.6. The molecule has 10 heteroatoms. The van der Waals surface area contributed by atoms with Crippen LogP contribution < -0.4 is 0 Å². The first-order valence-corrected chi connectivity index (χ1v) is 26.6. The van der Waals surface area contributed by atoms with Gasteiger partial charge >= 0.3 is 13.8 Å². The van der Waals surface area contributed by atoms with E-state index >= 15 is 0 Å². The SMILES string of the molecule is CC/C=C\C/C=C\C/C=C\C/C=C\C/C=C\CCCCCCCCCC(=O)OC(COCCCCCCCCCC/C=C\C/C=C\CCCCCC)COP(=O)(O)OCC(O)CO. The number of hydrogen-bond acceptors (Lipinski definition) is 8. The van der Waals surface area contributed by atoms with Crippen molar-refractivity contribution in [1.29, 1.82) is 0 Å². The normalized spacial score (nSPS) is 14.6. The van der Waals surface area contributed by atoms with Crippen LogP contribution in [0.5, 0.6) is 0 Å². The number of rotatable bonds is 47. The summed E-state index contributed by atoms with van der Waals surface area (Å²) in [6.07, 6.45) is 61.1. The largest absolute Gasteiger partial charge is 0.472 e. The van der Waals surface area contributed by atoms with Crippen LogP contribution in [0.25, 0.3) is 0 Å². The number of phosphoric acid groups is 1. The molecule has 9 nitrogen and oxygen atoms in total. The number of aliphatic hydroxyl groups excluding tert-OH is 2. The second-order valence-corrected chi connectivity index (χ2v) is 17.9. The van der Waals surface area contributed by atoms with E-state index in [1.54, 1.807) is 0 Å². The number of unbranched alkanes of at least 4 members (excludes halogenated alkanes) is 19. The lowest BCUT2D eigenvalue weighted by atomic mass is 10.1. The van der Waals surface area contributed by atoms with Gasteiger partial charge in [0.05, 0.1) is 26.4 Å². The zero-order valence-corrected chi connectivity index (χ0v) is 40.9. The molecule has 0 saturated carbocycles. The number of aliphatic hydroxyl groups is 2. The van der Waals surface area contributed by atoms with Crippen LogP contribution in [0, 0.1) is 0 Å². The van der Waals surface area contributed by atoms with E-state index in [0.717, 1.165) is 89.9 Å². The highest BCUT2D eigenvalue weighted by Crippen LogP contribution is 2.43. The Kier molecular flexibility index (Phi) is 47.2. The number of phosphoric ester groups is 1. The van der Waals surface area contributed by atoms with Gasteiger partial charge < -0.3 is 24.6 Å². The van der Waals surface area contributed by atoms with Crippen molar-refractivity contribution >= 4 is 13.8 Å². The molecule has 0 bridgehead atoms. The molecule has 0 rings (SSSR count). The molecule has 3 atom stereocenters. The molecule has 0 aromatic heterocycles. The molecule has 0 heterocycles. The smallest absolute Gasteiger partial charge is 0.457 e. The van der Waals surface area contributed by atoms with Gasteiger partial charge in [0.15, 0.2) is 0 Å². The lowest BCUT2D eigenvalue weighted by Crippen LogP contribution is -2.29. The summed E-state index contributed by atoms with van der Waals surface area (Å²) in [6, 6.07) is 0. The van der Waals surface area contributed by atoms with Crippen LogP contribution >= 0.6 is 7.82 Å². The maximum absolute atomic E-state index is 12.7. The lowest BCUT2D eigenvalue weighted by Gasteiger charge is -2.20. The maximum Gasteiger partial charge on any atom is 0.472 e. The minimum atomic E-state index is -4.53.